The van der Waals surface area contributed by atoms with Gasteiger partial charge in [0.2, 0.25) is 0 Å². The van der Waals surface area contributed by atoms with Crippen LogP contribution in [0.2, 0.25) is 5.02 Å². The number of rotatable bonds is 3. The molecule has 0 atom stereocenters. The van der Waals surface area contributed by atoms with Gasteiger partial charge in [-0.05, 0) is 17.5 Å². The van der Waals surface area contributed by atoms with Crippen LogP contribution in [0.4, 0.5) is 0 Å². The van der Waals surface area contributed by atoms with Gasteiger partial charge in [0, 0.05) is 6.20 Å². The molecule has 21 heavy (non-hydrogen) atoms. The number of thiophene rings is 1. The number of hydrogen-bond acceptors (Lipinski definition) is 6. The number of fused-ring (bicyclic) bond motifs is 1. The quantitative estimate of drug-likeness (QED) is 0.693. The Bertz CT molecular complexity index is 827. The summed E-state index contributed by atoms with van der Waals surface area (Å²) in [4.78, 5) is 12.5. The van der Waals surface area contributed by atoms with E-state index in [1.54, 1.807) is 17.7 Å². The van der Waals surface area contributed by atoms with Crippen LogP contribution in [0.1, 0.15) is 10.4 Å². The molecule has 6 nitrogen and oxygen atoms in total. The summed E-state index contributed by atoms with van der Waals surface area (Å²) in [7, 11) is 2.90. The Morgan fingerprint density at radius 1 is 1.38 bits per heavy atom. The summed E-state index contributed by atoms with van der Waals surface area (Å²) in [5.74, 6) is 0.773. The van der Waals surface area contributed by atoms with Crippen molar-refractivity contribution in [3.05, 3.63) is 34.3 Å². The van der Waals surface area contributed by atoms with Crippen molar-refractivity contribution in [3.63, 3.8) is 0 Å². The molecule has 0 saturated heterocycles. The Balaban J connectivity index is 2.25. The standard InChI is InChI=1S/C13H10ClN3O3S/c1-19-9-3-4-21-10(9)12-16-15-11-8(14)5-7(6-17(11)12)13(18)20-2/h3-6H,1-2H3. The van der Waals surface area contributed by atoms with Crippen molar-refractivity contribution in [3.8, 4) is 16.5 Å². The molecular formula is C13H10ClN3O3S. The number of pyridine rings is 1. The lowest BCUT2D eigenvalue weighted by Crippen LogP contribution is -2.03. The topological polar surface area (TPSA) is 65.7 Å². The van der Waals surface area contributed by atoms with Crippen molar-refractivity contribution >= 4 is 34.6 Å². The number of ether oxygens (including phenoxy) is 2. The third kappa shape index (κ3) is 2.24. The van der Waals surface area contributed by atoms with E-state index in [0.29, 0.717) is 27.8 Å². The Morgan fingerprint density at radius 3 is 2.90 bits per heavy atom. The van der Waals surface area contributed by atoms with E-state index in [4.69, 9.17) is 21.1 Å². The van der Waals surface area contributed by atoms with Crippen LogP contribution in [0.25, 0.3) is 16.3 Å². The Morgan fingerprint density at radius 2 is 2.19 bits per heavy atom. The maximum Gasteiger partial charge on any atom is 0.339 e. The fourth-order valence-electron chi connectivity index (χ4n) is 1.96. The molecule has 0 bridgehead atoms. The van der Waals surface area contributed by atoms with Gasteiger partial charge < -0.3 is 9.47 Å². The van der Waals surface area contributed by atoms with Gasteiger partial charge in [-0.15, -0.1) is 21.5 Å². The van der Waals surface area contributed by atoms with E-state index in [-0.39, 0.29) is 0 Å². The van der Waals surface area contributed by atoms with Crippen molar-refractivity contribution in [2.24, 2.45) is 0 Å². The summed E-state index contributed by atoms with van der Waals surface area (Å²) in [5.41, 5.74) is 0.793. The second-order valence-electron chi connectivity index (χ2n) is 4.10. The van der Waals surface area contributed by atoms with Crippen LogP contribution in [0.3, 0.4) is 0 Å². The molecule has 0 aromatic carbocycles. The van der Waals surface area contributed by atoms with Gasteiger partial charge in [0.25, 0.3) is 0 Å². The van der Waals surface area contributed by atoms with Gasteiger partial charge in [-0.25, -0.2) is 4.79 Å². The first-order chi connectivity index (χ1) is 10.2. The van der Waals surface area contributed by atoms with Crippen molar-refractivity contribution in [1.29, 1.82) is 0 Å². The number of halogens is 1. The van der Waals surface area contributed by atoms with Crippen LogP contribution in [0, 0.1) is 0 Å². The molecule has 0 aliphatic carbocycles. The third-order valence-corrected chi connectivity index (χ3v) is 4.10. The normalized spacial score (nSPS) is 10.8. The second kappa shape index (κ2) is 5.34. The SMILES string of the molecule is COC(=O)c1cc(Cl)c2nnc(-c3sccc3OC)n2c1. The molecule has 0 saturated carbocycles. The molecule has 0 aliphatic heterocycles. The second-order valence-corrected chi connectivity index (χ2v) is 5.43. The smallest absolute Gasteiger partial charge is 0.339 e. The van der Waals surface area contributed by atoms with E-state index in [2.05, 4.69) is 10.2 Å². The molecule has 0 amide bonds. The minimum absolute atomic E-state index is 0.326. The van der Waals surface area contributed by atoms with Crippen molar-refractivity contribution in [1.82, 2.24) is 14.6 Å². The van der Waals surface area contributed by atoms with Crippen molar-refractivity contribution in [2.75, 3.05) is 14.2 Å². The molecule has 3 heterocycles. The summed E-state index contributed by atoms with van der Waals surface area (Å²) >= 11 is 7.62. The zero-order valence-corrected chi connectivity index (χ0v) is 12.7. The molecular weight excluding hydrogens is 314 g/mol. The highest BCUT2D eigenvalue weighted by Gasteiger charge is 2.18. The summed E-state index contributed by atoms with van der Waals surface area (Å²) in [6.45, 7) is 0. The van der Waals surface area contributed by atoms with Crippen molar-refractivity contribution < 1.29 is 14.3 Å². The summed E-state index contributed by atoms with van der Waals surface area (Å²) in [5, 5.41) is 10.4. The van der Waals surface area contributed by atoms with Gasteiger partial charge in [0.1, 0.15) is 10.6 Å². The minimum atomic E-state index is -0.475. The zero-order valence-electron chi connectivity index (χ0n) is 11.2. The highest BCUT2D eigenvalue weighted by Crippen LogP contribution is 2.35. The molecule has 0 radical (unpaired) electrons. The Kier molecular flexibility index (Phi) is 3.52. The van der Waals surface area contributed by atoms with E-state index in [1.165, 1.54) is 24.5 Å². The molecule has 3 rings (SSSR count). The van der Waals surface area contributed by atoms with Crippen LogP contribution in [0.15, 0.2) is 23.7 Å². The molecule has 0 fully saturated rings. The predicted molar refractivity (Wildman–Crippen MR) is 79.2 cm³/mol. The lowest BCUT2D eigenvalue weighted by atomic mass is 10.3. The molecule has 3 aromatic heterocycles. The monoisotopic (exact) mass is 323 g/mol. The molecule has 0 unspecified atom stereocenters. The lowest BCUT2D eigenvalue weighted by Gasteiger charge is -2.04. The van der Waals surface area contributed by atoms with Crippen LogP contribution in [-0.2, 0) is 4.74 Å². The van der Waals surface area contributed by atoms with Gasteiger partial charge in [0.15, 0.2) is 11.5 Å². The lowest BCUT2D eigenvalue weighted by molar-refractivity contribution is 0.0600. The van der Waals surface area contributed by atoms with Gasteiger partial charge >= 0.3 is 5.97 Å². The largest absolute Gasteiger partial charge is 0.495 e. The Labute approximate surface area is 128 Å². The third-order valence-electron chi connectivity index (χ3n) is 2.93. The number of carbonyl (C=O) groups is 1. The van der Waals surface area contributed by atoms with Crippen LogP contribution in [-0.4, -0.2) is 34.8 Å². The number of nitrogens with zero attached hydrogens (tertiary/aromatic N) is 3. The molecule has 0 spiro atoms. The van der Waals surface area contributed by atoms with E-state index in [0.717, 1.165) is 4.88 Å². The van der Waals surface area contributed by atoms with E-state index < -0.39 is 5.97 Å². The average molecular weight is 324 g/mol. The summed E-state index contributed by atoms with van der Waals surface area (Å²) in [6.07, 6.45) is 1.60. The first-order valence-corrected chi connectivity index (χ1v) is 7.16. The zero-order chi connectivity index (χ0) is 15.0. The van der Waals surface area contributed by atoms with E-state index >= 15 is 0 Å². The number of esters is 1. The predicted octanol–water partition coefficient (Wildman–Crippen LogP) is 2.91. The number of methoxy groups -OCH3 is 2. The van der Waals surface area contributed by atoms with Crippen molar-refractivity contribution in [2.45, 2.75) is 0 Å². The molecule has 8 heteroatoms. The van der Waals surface area contributed by atoms with Gasteiger partial charge in [0.05, 0.1) is 24.8 Å². The first-order valence-electron chi connectivity index (χ1n) is 5.90. The maximum absolute atomic E-state index is 11.7. The van der Waals surface area contributed by atoms with Crippen LogP contribution in [0.5, 0.6) is 5.75 Å². The molecule has 108 valence electrons. The average Bonchev–Trinajstić information content (AvgIpc) is 3.11. The summed E-state index contributed by atoms with van der Waals surface area (Å²) < 4.78 is 11.7. The number of carbonyl (C=O) groups excluding carboxylic acids is 1. The highest BCUT2D eigenvalue weighted by atomic mass is 35.5. The van der Waals surface area contributed by atoms with Gasteiger partial charge in [-0.1, -0.05) is 11.6 Å². The number of aromatic nitrogens is 3. The Hall–Kier alpha value is -2.12. The van der Waals surface area contributed by atoms with Gasteiger partial charge in [-0.3, -0.25) is 4.40 Å². The summed E-state index contributed by atoms with van der Waals surface area (Å²) in [6, 6.07) is 3.35. The van der Waals surface area contributed by atoms with Crippen LogP contribution < -0.4 is 4.74 Å². The fraction of sp³-hybridized carbons (Fsp3) is 0.154. The number of hydrogen-bond donors (Lipinski definition) is 0. The van der Waals surface area contributed by atoms with Gasteiger partial charge in [-0.2, -0.15) is 0 Å². The van der Waals surface area contributed by atoms with E-state index in [9.17, 15) is 4.79 Å². The van der Waals surface area contributed by atoms with E-state index in [1.807, 2.05) is 11.4 Å². The molecule has 0 N–H and O–H groups in total. The molecule has 3 aromatic rings. The first kappa shape index (κ1) is 13.8. The molecule has 0 aliphatic rings. The van der Waals surface area contributed by atoms with Crippen LogP contribution >= 0.6 is 22.9 Å². The maximum atomic E-state index is 11.7. The minimum Gasteiger partial charge on any atom is -0.495 e. The highest BCUT2D eigenvalue weighted by molar-refractivity contribution is 7.13. The fourth-order valence-corrected chi connectivity index (χ4v) is 3.05.